The number of morpholine rings is 1. The number of aliphatic hydroxyl groups is 1. The van der Waals surface area contributed by atoms with Gasteiger partial charge in [-0.05, 0) is 36.2 Å². The van der Waals surface area contributed by atoms with Crippen LogP contribution >= 0.6 is 0 Å². The number of amides is 1. The summed E-state index contributed by atoms with van der Waals surface area (Å²) in [6.07, 6.45) is 3.79. The van der Waals surface area contributed by atoms with Gasteiger partial charge >= 0.3 is 0 Å². The SMILES string of the molecule is COc1ccc(F)cc1C(O)=C1C(=O)C(=O)N(CCCN2CCOCC2)[C@@H]1c1cccnc1. The van der Waals surface area contributed by atoms with E-state index in [1.54, 1.807) is 24.5 Å². The van der Waals surface area contributed by atoms with Crippen molar-refractivity contribution in [1.82, 2.24) is 14.8 Å². The van der Waals surface area contributed by atoms with Crippen LogP contribution in [-0.2, 0) is 14.3 Å². The van der Waals surface area contributed by atoms with Crippen LogP contribution in [0.1, 0.15) is 23.6 Å². The van der Waals surface area contributed by atoms with E-state index in [4.69, 9.17) is 9.47 Å². The van der Waals surface area contributed by atoms with Crippen molar-refractivity contribution in [3.8, 4) is 5.75 Å². The Labute approximate surface area is 191 Å². The summed E-state index contributed by atoms with van der Waals surface area (Å²) in [7, 11) is 1.38. The smallest absolute Gasteiger partial charge is 0.295 e. The molecule has 2 aliphatic rings. The molecule has 2 fully saturated rings. The summed E-state index contributed by atoms with van der Waals surface area (Å²) in [4.78, 5) is 33.9. The minimum absolute atomic E-state index is 0.0118. The molecule has 174 valence electrons. The number of halogens is 1. The van der Waals surface area contributed by atoms with Crippen LogP contribution in [0.2, 0.25) is 0 Å². The van der Waals surface area contributed by atoms with Crippen LogP contribution in [0.25, 0.3) is 5.76 Å². The van der Waals surface area contributed by atoms with E-state index < -0.39 is 29.3 Å². The van der Waals surface area contributed by atoms with E-state index in [2.05, 4.69) is 9.88 Å². The number of Topliss-reactive ketones (excluding diaryl/α,β-unsaturated/α-hetero) is 1. The third-order valence-corrected chi connectivity index (χ3v) is 5.93. The number of aliphatic hydroxyl groups excluding tert-OH is 1. The highest BCUT2D eigenvalue weighted by Crippen LogP contribution is 2.40. The number of likely N-dealkylation sites (tertiary alicyclic amines) is 1. The Kier molecular flexibility index (Phi) is 7.00. The van der Waals surface area contributed by atoms with Crippen molar-refractivity contribution in [1.29, 1.82) is 0 Å². The summed E-state index contributed by atoms with van der Waals surface area (Å²) >= 11 is 0. The molecule has 1 atom stereocenters. The molecule has 0 spiro atoms. The first-order valence-corrected chi connectivity index (χ1v) is 10.8. The number of ketones is 1. The molecule has 0 bridgehead atoms. The Morgan fingerprint density at radius 2 is 2.03 bits per heavy atom. The monoisotopic (exact) mass is 455 g/mol. The number of hydrogen-bond donors (Lipinski definition) is 1. The Bertz CT molecular complexity index is 1050. The maximum atomic E-state index is 14.0. The lowest BCUT2D eigenvalue weighted by atomic mass is 9.96. The van der Waals surface area contributed by atoms with Crippen molar-refractivity contribution in [3.05, 3.63) is 65.2 Å². The maximum Gasteiger partial charge on any atom is 0.295 e. The van der Waals surface area contributed by atoms with Crippen molar-refractivity contribution in [2.24, 2.45) is 0 Å². The lowest BCUT2D eigenvalue weighted by molar-refractivity contribution is -0.140. The zero-order chi connectivity index (χ0) is 23.4. The van der Waals surface area contributed by atoms with Crippen molar-refractivity contribution < 1.29 is 28.6 Å². The number of ether oxygens (including phenoxy) is 2. The van der Waals surface area contributed by atoms with E-state index in [1.165, 1.54) is 24.1 Å². The molecule has 1 aromatic carbocycles. The fourth-order valence-corrected chi connectivity index (χ4v) is 4.29. The summed E-state index contributed by atoms with van der Waals surface area (Å²) in [6, 6.07) is 6.25. The van der Waals surface area contributed by atoms with E-state index in [0.717, 1.165) is 25.7 Å². The molecular weight excluding hydrogens is 429 g/mol. The van der Waals surface area contributed by atoms with Crippen molar-refractivity contribution in [3.63, 3.8) is 0 Å². The van der Waals surface area contributed by atoms with E-state index >= 15 is 0 Å². The van der Waals surface area contributed by atoms with Crippen molar-refractivity contribution in [2.45, 2.75) is 12.5 Å². The Morgan fingerprint density at radius 1 is 1.24 bits per heavy atom. The number of carbonyl (C=O) groups is 2. The van der Waals surface area contributed by atoms with Crippen LogP contribution in [0.15, 0.2) is 48.3 Å². The topological polar surface area (TPSA) is 92.2 Å². The third-order valence-electron chi connectivity index (χ3n) is 5.93. The number of aromatic nitrogens is 1. The number of hydrogen-bond acceptors (Lipinski definition) is 7. The molecule has 3 heterocycles. The number of pyridine rings is 1. The lowest BCUT2D eigenvalue weighted by Crippen LogP contribution is -2.39. The molecule has 8 nitrogen and oxygen atoms in total. The normalized spacial score (nSPS) is 20.9. The van der Waals surface area contributed by atoms with Gasteiger partial charge in [-0.2, -0.15) is 0 Å². The molecule has 2 aliphatic heterocycles. The van der Waals surface area contributed by atoms with E-state index in [9.17, 15) is 19.1 Å². The zero-order valence-corrected chi connectivity index (χ0v) is 18.4. The van der Waals surface area contributed by atoms with Gasteiger partial charge in [-0.1, -0.05) is 6.07 Å². The molecule has 1 aromatic heterocycles. The van der Waals surface area contributed by atoms with Gasteiger partial charge in [-0.15, -0.1) is 0 Å². The van der Waals surface area contributed by atoms with Gasteiger partial charge in [0.2, 0.25) is 0 Å². The van der Waals surface area contributed by atoms with Gasteiger partial charge in [0.05, 0.1) is 37.5 Å². The van der Waals surface area contributed by atoms with Crippen LogP contribution in [0, 0.1) is 5.82 Å². The van der Waals surface area contributed by atoms with Crippen molar-refractivity contribution in [2.75, 3.05) is 46.5 Å². The second kappa shape index (κ2) is 10.1. The largest absolute Gasteiger partial charge is 0.507 e. The first-order valence-electron chi connectivity index (χ1n) is 10.8. The highest BCUT2D eigenvalue weighted by atomic mass is 19.1. The average molecular weight is 455 g/mol. The molecule has 0 radical (unpaired) electrons. The predicted octanol–water partition coefficient (Wildman–Crippen LogP) is 2.37. The van der Waals surface area contributed by atoms with Gasteiger partial charge < -0.3 is 19.5 Å². The fourth-order valence-electron chi connectivity index (χ4n) is 4.29. The second-order valence-electron chi connectivity index (χ2n) is 7.93. The number of nitrogens with zero attached hydrogens (tertiary/aromatic N) is 3. The molecule has 0 unspecified atom stereocenters. The van der Waals surface area contributed by atoms with Gasteiger partial charge in [0.1, 0.15) is 17.3 Å². The molecule has 2 aromatic rings. The van der Waals surface area contributed by atoms with Gasteiger partial charge in [-0.3, -0.25) is 19.5 Å². The molecule has 9 heteroatoms. The van der Waals surface area contributed by atoms with Crippen LogP contribution < -0.4 is 4.74 Å². The molecule has 33 heavy (non-hydrogen) atoms. The standard InChI is InChI=1S/C24H26FN3O5/c1-32-19-6-5-17(25)14-18(19)22(29)20-21(16-4-2-7-26-15-16)28(24(31)23(20)30)9-3-8-27-10-12-33-13-11-27/h2,4-7,14-15,21,29H,3,8-13H2,1H3/t21-/m1/s1. The van der Waals surface area contributed by atoms with Crippen molar-refractivity contribution >= 4 is 17.4 Å². The number of rotatable bonds is 7. The minimum Gasteiger partial charge on any atom is -0.507 e. The first kappa shape index (κ1) is 22.9. The van der Waals surface area contributed by atoms with Crippen LogP contribution in [-0.4, -0.2) is 78.1 Å². The average Bonchev–Trinajstić information content (AvgIpc) is 3.10. The molecule has 1 N–H and O–H groups in total. The van der Waals surface area contributed by atoms with E-state index in [1.807, 2.05) is 0 Å². The van der Waals surface area contributed by atoms with Crippen LogP contribution in [0.5, 0.6) is 5.75 Å². The van der Waals surface area contributed by atoms with Gasteiger partial charge in [0.15, 0.2) is 0 Å². The maximum absolute atomic E-state index is 14.0. The number of benzene rings is 1. The molecule has 1 amide bonds. The third kappa shape index (κ3) is 4.74. The van der Waals surface area contributed by atoms with Crippen LogP contribution in [0.4, 0.5) is 4.39 Å². The number of methoxy groups -OCH3 is 1. The summed E-state index contributed by atoms with van der Waals surface area (Å²) in [6.45, 7) is 4.07. The van der Waals surface area contributed by atoms with Gasteiger partial charge in [0, 0.05) is 38.6 Å². The Morgan fingerprint density at radius 3 is 2.73 bits per heavy atom. The van der Waals surface area contributed by atoms with Gasteiger partial charge in [-0.25, -0.2) is 4.39 Å². The lowest BCUT2D eigenvalue weighted by Gasteiger charge is -2.29. The highest BCUT2D eigenvalue weighted by molar-refractivity contribution is 6.46. The summed E-state index contributed by atoms with van der Waals surface area (Å²) in [5.41, 5.74) is 0.487. The second-order valence-corrected chi connectivity index (χ2v) is 7.93. The molecule has 0 aliphatic carbocycles. The molecule has 0 saturated carbocycles. The van der Waals surface area contributed by atoms with E-state index in [0.29, 0.717) is 31.7 Å². The number of carbonyl (C=O) groups excluding carboxylic acids is 2. The zero-order valence-electron chi connectivity index (χ0n) is 18.4. The van der Waals surface area contributed by atoms with E-state index in [-0.39, 0.29) is 16.9 Å². The quantitative estimate of drug-likeness (QED) is 0.389. The Hall–Kier alpha value is -3.30. The molecular formula is C24H26FN3O5. The van der Waals surface area contributed by atoms with Gasteiger partial charge in [0.25, 0.3) is 11.7 Å². The molecule has 4 rings (SSSR count). The minimum atomic E-state index is -0.837. The predicted molar refractivity (Wildman–Crippen MR) is 118 cm³/mol. The molecule has 2 saturated heterocycles. The first-order chi connectivity index (χ1) is 16.0. The fraction of sp³-hybridized carbons (Fsp3) is 0.375. The Balaban J connectivity index is 1.70. The summed E-state index contributed by atoms with van der Waals surface area (Å²) in [5, 5.41) is 11.1. The highest BCUT2D eigenvalue weighted by Gasteiger charge is 2.46. The summed E-state index contributed by atoms with van der Waals surface area (Å²) in [5.74, 6) is -2.41. The van der Waals surface area contributed by atoms with Crippen LogP contribution in [0.3, 0.4) is 0 Å². The summed E-state index contributed by atoms with van der Waals surface area (Å²) < 4.78 is 24.6.